The molecular formula is C11H20N2O4S. The molecule has 0 saturated carbocycles. The molecule has 1 aliphatic heterocycles. The number of hydrogen-bond acceptors (Lipinski definition) is 4. The second-order valence-electron chi connectivity index (χ2n) is 5.15. The Bertz CT molecular complexity index is 342. The van der Waals surface area contributed by atoms with Crippen molar-refractivity contribution >= 4 is 23.8 Å². The summed E-state index contributed by atoms with van der Waals surface area (Å²) in [6.45, 7) is 5.18. The molecule has 0 aromatic carbocycles. The highest BCUT2D eigenvalue weighted by molar-refractivity contribution is 8.00. The first kappa shape index (κ1) is 15.1. The number of hydrogen-bond donors (Lipinski definition) is 2. The van der Waals surface area contributed by atoms with Gasteiger partial charge in [-0.15, -0.1) is 11.8 Å². The van der Waals surface area contributed by atoms with Crippen LogP contribution in [0, 0.1) is 0 Å². The van der Waals surface area contributed by atoms with E-state index in [0.29, 0.717) is 5.75 Å². The molecule has 1 rings (SSSR count). The molecule has 0 radical (unpaired) electrons. The maximum absolute atomic E-state index is 12.2. The van der Waals surface area contributed by atoms with E-state index in [9.17, 15) is 14.7 Å². The summed E-state index contributed by atoms with van der Waals surface area (Å²) in [6, 6.07) is -1.15. The van der Waals surface area contributed by atoms with Crippen LogP contribution in [-0.4, -0.2) is 68.4 Å². The van der Waals surface area contributed by atoms with Crippen LogP contribution in [0.5, 0.6) is 0 Å². The van der Waals surface area contributed by atoms with Crippen LogP contribution in [0.15, 0.2) is 0 Å². The summed E-state index contributed by atoms with van der Waals surface area (Å²) >= 11 is 1.44. The zero-order valence-corrected chi connectivity index (χ0v) is 11.9. The van der Waals surface area contributed by atoms with Gasteiger partial charge in [-0.2, -0.15) is 0 Å². The fraction of sp³-hybridized carbons (Fsp3) is 0.818. The van der Waals surface area contributed by atoms with Crippen molar-refractivity contribution in [2.75, 3.05) is 19.3 Å². The molecule has 104 valence electrons. The Morgan fingerprint density at radius 2 is 2.06 bits per heavy atom. The quantitative estimate of drug-likeness (QED) is 0.791. The van der Waals surface area contributed by atoms with E-state index in [1.54, 1.807) is 20.9 Å². The molecule has 0 bridgehead atoms. The van der Waals surface area contributed by atoms with E-state index in [1.165, 1.54) is 21.6 Å². The van der Waals surface area contributed by atoms with Crippen molar-refractivity contribution in [3.05, 3.63) is 0 Å². The topological polar surface area (TPSA) is 81.1 Å². The lowest BCUT2D eigenvalue weighted by Crippen LogP contribution is -2.52. The Morgan fingerprint density at radius 1 is 1.50 bits per heavy atom. The predicted molar refractivity (Wildman–Crippen MR) is 69.5 cm³/mol. The van der Waals surface area contributed by atoms with Gasteiger partial charge in [0.15, 0.2) is 0 Å². The molecular weight excluding hydrogens is 256 g/mol. The van der Waals surface area contributed by atoms with E-state index in [1.807, 2.05) is 6.92 Å². The number of thioether (sulfide) groups is 1. The summed E-state index contributed by atoms with van der Waals surface area (Å²) in [5, 5.41) is 18.6. The minimum absolute atomic E-state index is 0.159. The maximum atomic E-state index is 12.2. The van der Waals surface area contributed by atoms with Crippen molar-refractivity contribution in [2.45, 2.75) is 37.8 Å². The second-order valence-corrected chi connectivity index (χ2v) is 6.49. The minimum Gasteiger partial charge on any atom is -0.480 e. The van der Waals surface area contributed by atoms with Crippen molar-refractivity contribution in [3.8, 4) is 0 Å². The van der Waals surface area contributed by atoms with E-state index < -0.39 is 17.6 Å². The average Bonchev–Trinajstić information content (AvgIpc) is 2.56. The summed E-state index contributed by atoms with van der Waals surface area (Å²) in [4.78, 5) is 26.0. The van der Waals surface area contributed by atoms with Crippen molar-refractivity contribution < 1.29 is 19.8 Å². The third kappa shape index (κ3) is 3.52. The summed E-state index contributed by atoms with van der Waals surface area (Å²) in [5.41, 5.74) is -1.00. The number of aliphatic carboxylic acids is 1. The number of carboxylic acid groups (broad SMARTS) is 1. The molecule has 7 heteroatoms. The van der Waals surface area contributed by atoms with Crippen molar-refractivity contribution in [1.82, 2.24) is 9.80 Å². The number of carbonyl (C=O) groups excluding carboxylic acids is 1. The molecule has 2 atom stereocenters. The molecule has 0 spiro atoms. The Labute approximate surface area is 111 Å². The van der Waals surface area contributed by atoms with E-state index in [-0.39, 0.29) is 17.9 Å². The van der Waals surface area contributed by atoms with Crippen LogP contribution < -0.4 is 0 Å². The number of amides is 2. The first-order valence-corrected chi connectivity index (χ1v) is 6.78. The zero-order valence-electron chi connectivity index (χ0n) is 11.1. The van der Waals surface area contributed by atoms with Crippen LogP contribution in [0.4, 0.5) is 4.79 Å². The van der Waals surface area contributed by atoms with E-state index in [0.717, 1.165) is 0 Å². The van der Waals surface area contributed by atoms with Crippen LogP contribution in [-0.2, 0) is 4.79 Å². The molecule has 1 aliphatic rings. The molecule has 2 amide bonds. The third-order valence-corrected chi connectivity index (χ3v) is 3.90. The number of likely N-dealkylation sites (N-methyl/N-ethyl adjacent to an activating group) is 1. The monoisotopic (exact) mass is 276 g/mol. The van der Waals surface area contributed by atoms with Crippen molar-refractivity contribution in [3.63, 3.8) is 0 Å². The zero-order chi connectivity index (χ0) is 14.1. The van der Waals surface area contributed by atoms with Gasteiger partial charge in [0.25, 0.3) is 0 Å². The average molecular weight is 276 g/mol. The van der Waals surface area contributed by atoms with Gasteiger partial charge in [-0.25, -0.2) is 9.59 Å². The van der Waals surface area contributed by atoms with Gasteiger partial charge in [0.05, 0.1) is 17.5 Å². The minimum atomic E-state index is -1.00. The highest BCUT2D eigenvalue weighted by atomic mass is 32.2. The lowest BCUT2D eigenvalue weighted by atomic mass is 10.1. The molecule has 0 aliphatic carbocycles. The summed E-state index contributed by atoms with van der Waals surface area (Å²) in [6.07, 6.45) is 0. The molecule has 18 heavy (non-hydrogen) atoms. The number of rotatable bonds is 3. The second kappa shape index (κ2) is 5.36. The van der Waals surface area contributed by atoms with Gasteiger partial charge < -0.3 is 15.1 Å². The lowest BCUT2D eigenvalue weighted by Gasteiger charge is -2.32. The van der Waals surface area contributed by atoms with E-state index >= 15 is 0 Å². The highest BCUT2D eigenvalue weighted by Gasteiger charge is 2.41. The number of aliphatic hydroxyl groups is 1. The van der Waals surface area contributed by atoms with Gasteiger partial charge in [-0.3, -0.25) is 4.90 Å². The van der Waals surface area contributed by atoms with Gasteiger partial charge in [0, 0.05) is 12.8 Å². The SMILES string of the molecule is CC1SCC(C(=O)O)N1C(=O)N(C)CC(C)(C)O. The predicted octanol–water partition coefficient (Wildman–Crippen LogP) is 0.657. The maximum Gasteiger partial charge on any atom is 0.327 e. The Kier molecular flexibility index (Phi) is 4.50. The molecule has 0 aromatic heterocycles. The molecule has 0 aromatic rings. The fourth-order valence-corrected chi connectivity index (χ4v) is 3.13. The van der Waals surface area contributed by atoms with Crippen molar-refractivity contribution in [1.29, 1.82) is 0 Å². The molecule has 1 heterocycles. The van der Waals surface area contributed by atoms with Crippen molar-refractivity contribution in [2.24, 2.45) is 0 Å². The summed E-state index contributed by atoms with van der Waals surface area (Å²) < 4.78 is 0. The van der Waals surface area contributed by atoms with Crippen LogP contribution in [0.2, 0.25) is 0 Å². The van der Waals surface area contributed by atoms with E-state index in [2.05, 4.69) is 0 Å². The van der Waals surface area contributed by atoms with Gasteiger partial charge >= 0.3 is 12.0 Å². The lowest BCUT2D eigenvalue weighted by molar-refractivity contribution is -0.141. The Hall–Kier alpha value is -0.950. The Balaban J connectivity index is 2.78. The number of carboxylic acids is 1. The molecule has 1 saturated heterocycles. The van der Waals surface area contributed by atoms with Crippen LogP contribution in [0.25, 0.3) is 0 Å². The van der Waals surface area contributed by atoms with E-state index in [4.69, 9.17) is 5.11 Å². The molecule has 2 N–H and O–H groups in total. The number of urea groups is 1. The number of nitrogens with zero attached hydrogens (tertiary/aromatic N) is 2. The standard InChI is InChI=1S/C11H20N2O4S/c1-7-13(8(5-18-7)9(14)15)10(16)12(4)6-11(2,3)17/h7-8,17H,5-6H2,1-4H3,(H,14,15). The number of carbonyl (C=O) groups is 2. The van der Waals surface area contributed by atoms with Crippen LogP contribution >= 0.6 is 11.8 Å². The molecule has 6 nitrogen and oxygen atoms in total. The smallest absolute Gasteiger partial charge is 0.327 e. The summed E-state index contributed by atoms with van der Waals surface area (Å²) in [5.74, 6) is -0.588. The Morgan fingerprint density at radius 3 is 2.50 bits per heavy atom. The molecule has 2 unspecified atom stereocenters. The normalized spacial score (nSPS) is 24.2. The fourth-order valence-electron chi connectivity index (χ4n) is 1.97. The first-order valence-electron chi connectivity index (χ1n) is 5.73. The third-order valence-electron chi connectivity index (χ3n) is 2.68. The van der Waals surface area contributed by atoms with Crippen LogP contribution in [0.1, 0.15) is 20.8 Å². The largest absolute Gasteiger partial charge is 0.480 e. The van der Waals surface area contributed by atoms with Gasteiger partial charge in [-0.1, -0.05) is 0 Å². The van der Waals surface area contributed by atoms with Gasteiger partial charge in [0.2, 0.25) is 0 Å². The van der Waals surface area contributed by atoms with Crippen LogP contribution in [0.3, 0.4) is 0 Å². The first-order chi connectivity index (χ1) is 8.13. The highest BCUT2D eigenvalue weighted by Crippen LogP contribution is 2.29. The van der Waals surface area contributed by atoms with Gasteiger partial charge in [-0.05, 0) is 20.8 Å². The van der Waals surface area contributed by atoms with Gasteiger partial charge in [0.1, 0.15) is 6.04 Å². The molecule has 1 fully saturated rings. The summed E-state index contributed by atoms with van der Waals surface area (Å²) in [7, 11) is 1.56.